The summed E-state index contributed by atoms with van der Waals surface area (Å²) in [4.78, 5) is 0. The highest BCUT2D eigenvalue weighted by Crippen LogP contribution is 2.45. The Labute approximate surface area is 354 Å². The Morgan fingerprint density at radius 3 is 0.919 bits per heavy atom. The predicted octanol–water partition coefficient (Wildman–Crippen LogP) is 13.8. The van der Waals surface area contributed by atoms with Gasteiger partial charge < -0.3 is 18.3 Å². The summed E-state index contributed by atoms with van der Waals surface area (Å²) in [6.07, 6.45) is 0. The van der Waals surface area contributed by atoms with Gasteiger partial charge in [0.2, 0.25) is 0 Å². The van der Waals surface area contributed by atoms with E-state index in [1.807, 2.05) is 30.3 Å². The van der Waals surface area contributed by atoms with Gasteiger partial charge in [0.05, 0.1) is 60.9 Å². The molecule has 13 rings (SSSR count). The minimum Gasteiger partial charge on any atom is -0.309 e. The van der Waals surface area contributed by atoms with Crippen molar-refractivity contribution in [2.24, 2.45) is 0 Å². The molecule has 0 atom stereocenters. The highest BCUT2D eigenvalue weighted by atomic mass is 15.0. The van der Waals surface area contributed by atoms with Crippen molar-refractivity contribution in [2.45, 2.75) is 0 Å². The standard InChI is InChI=1S/C56H32N6/c57-33-35-31-39(61-46-25-13-9-21-42(46)54-50(61)28-27-48-52(54)40-19-7-11-23-44(40)59(48)37-15-3-1-4-16-37)32-36(34-58)56(35)62-47-26-14-10-22-43(47)55-51(62)30-29-49-53(55)41-20-8-12-24-45(41)60(49)38-17-5-2-6-18-38/h1-32H. The molecule has 0 saturated heterocycles. The van der Waals surface area contributed by atoms with Crippen molar-refractivity contribution in [3.8, 4) is 34.9 Å². The Kier molecular flexibility index (Phi) is 7.05. The molecule has 0 bridgehead atoms. The molecule has 6 nitrogen and oxygen atoms in total. The monoisotopic (exact) mass is 788 g/mol. The number of hydrogen-bond acceptors (Lipinski definition) is 2. The molecule has 0 aliphatic rings. The van der Waals surface area contributed by atoms with Gasteiger partial charge in [0, 0.05) is 60.2 Å². The number of rotatable bonds is 4. The average Bonchev–Trinajstić information content (AvgIpc) is 4.06. The summed E-state index contributed by atoms with van der Waals surface area (Å²) in [6.45, 7) is 0. The molecule has 0 radical (unpaired) electrons. The molecule has 0 aliphatic carbocycles. The summed E-state index contributed by atoms with van der Waals surface area (Å²) in [5.41, 5.74) is 12.7. The van der Waals surface area contributed by atoms with E-state index in [-0.39, 0.29) is 0 Å². The van der Waals surface area contributed by atoms with Crippen molar-refractivity contribution in [3.63, 3.8) is 0 Å². The van der Waals surface area contributed by atoms with Crippen LogP contribution in [0.15, 0.2) is 194 Å². The third kappa shape index (κ3) is 4.50. The molecule has 286 valence electrons. The first-order valence-electron chi connectivity index (χ1n) is 20.7. The van der Waals surface area contributed by atoms with Crippen LogP contribution < -0.4 is 0 Å². The summed E-state index contributed by atoms with van der Waals surface area (Å²) in [7, 11) is 0. The van der Waals surface area contributed by atoms with E-state index in [4.69, 9.17) is 0 Å². The van der Waals surface area contributed by atoms with Gasteiger partial charge in [-0.05, 0) is 84.9 Å². The van der Waals surface area contributed by atoms with Crippen LogP contribution in [0.1, 0.15) is 11.1 Å². The van der Waals surface area contributed by atoms with Crippen LogP contribution in [0.25, 0.3) is 110 Å². The SMILES string of the molecule is N#Cc1cc(-n2c3ccccc3c3c4c5ccccc5n(-c5ccccc5)c4ccc32)cc(C#N)c1-n1c2ccccc2c2c3c4ccccc4n(-c4ccccc4)c3ccc21. The minimum absolute atomic E-state index is 0.418. The molecule has 9 aromatic carbocycles. The fraction of sp³-hybridized carbons (Fsp3) is 0. The summed E-state index contributed by atoms with van der Waals surface area (Å²) in [5.74, 6) is 0. The van der Waals surface area contributed by atoms with Crippen molar-refractivity contribution in [3.05, 3.63) is 205 Å². The van der Waals surface area contributed by atoms with Gasteiger partial charge in [0.1, 0.15) is 12.1 Å². The average molecular weight is 789 g/mol. The van der Waals surface area contributed by atoms with Crippen LogP contribution >= 0.6 is 0 Å². The van der Waals surface area contributed by atoms with Crippen LogP contribution in [0, 0.1) is 22.7 Å². The molecule has 0 saturated carbocycles. The van der Waals surface area contributed by atoms with E-state index >= 15 is 0 Å². The fourth-order valence-corrected chi connectivity index (χ4v) is 10.4. The molecular weight excluding hydrogens is 757 g/mol. The fourth-order valence-electron chi connectivity index (χ4n) is 10.4. The molecular formula is C56H32N6. The Morgan fingerprint density at radius 2 is 0.565 bits per heavy atom. The van der Waals surface area contributed by atoms with E-state index in [1.54, 1.807) is 0 Å². The third-order valence-electron chi connectivity index (χ3n) is 12.8. The molecule has 6 heteroatoms. The second kappa shape index (κ2) is 12.8. The van der Waals surface area contributed by atoms with Gasteiger partial charge in [0.25, 0.3) is 0 Å². The van der Waals surface area contributed by atoms with E-state index in [1.165, 1.54) is 5.39 Å². The lowest BCUT2D eigenvalue weighted by Gasteiger charge is -2.16. The maximum atomic E-state index is 11.2. The highest BCUT2D eigenvalue weighted by Gasteiger charge is 2.25. The van der Waals surface area contributed by atoms with Crippen LogP contribution in [0.4, 0.5) is 0 Å². The summed E-state index contributed by atoms with van der Waals surface area (Å²) in [6, 6.07) is 72.7. The van der Waals surface area contributed by atoms with E-state index in [2.05, 4.69) is 194 Å². The lowest BCUT2D eigenvalue weighted by Crippen LogP contribution is -2.04. The van der Waals surface area contributed by atoms with Crippen LogP contribution in [-0.4, -0.2) is 18.3 Å². The largest absolute Gasteiger partial charge is 0.309 e. The molecule has 4 heterocycles. The number of nitriles is 2. The van der Waals surface area contributed by atoms with E-state index in [9.17, 15) is 10.5 Å². The van der Waals surface area contributed by atoms with Crippen LogP contribution in [0.5, 0.6) is 0 Å². The van der Waals surface area contributed by atoms with Crippen molar-refractivity contribution >= 4 is 87.2 Å². The summed E-state index contributed by atoms with van der Waals surface area (Å²) < 4.78 is 9.02. The van der Waals surface area contributed by atoms with E-state index in [0.29, 0.717) is 16.8 Å². The Hall–Kier alpha value is -8.84. The lowest BCUT2D eigenvalue weighted by atomic mass is 10.0. The van der Waals surface area contributed by atoms with Crippen molar-refractivity contribution in [1.29, 1.82) is 10.5 Å². The van der Waals surface area contributed by atoms with Crippen molar-refractivity contribution in [1.82, 2.24) is 18.3 Å². The van der Waals surface area contributed by atoms with E-state index in [0.717, 1.165) is 98.9 Å². The molecule has 0 spiro atoms. The topological polar surface area (TPSA) is 67.3 Å². The van der Waals surface area contributed by atoms with Crippen LogP contribution in [-0.2, 0) is 0 Å². The first-order chi connectivity index (χ1) is 30.7. The maximum absolute atomic E-state index is 11.2. The number of fused-ring (bicyclic) bond motifs is 14. The van der Waals surface area contributed by atoms with Gasteiger partial charge in [0.15, 0.2) is 0 Å². The zero-order valence-electron chi connectivity index (χ0n) is 33.2. The van der Waals surface area contributed by atoms with Gasteiger partial charge >= 0.3 is 0 Å². The summed E-state index contributed by atoms with van der Waals surface area (Å²) in [5, 5.41) is 31.3. The number of hydrogen-bond donors (Lipinski definition) is 0. The first-order valence-corrected chi connectivity index (χ1v) is 20.7. The smallest absolute Gasteiger partial charge is 0.101 e. The van der Waals surface area contributed by atoms with Crippen LogP contribution in [0.2, 0.25) is 0 Å². The predicted molar refractivity (Wildman–Crippen MR) is 253 cm³/mol. The Morgan fingerprint density at radius 1 is 0.274 bits per heavy atom. The quantitative estimate of drug-likeness (QED) is 0.178. The number of aromatic nitrogens is 4. The Bertz CT molecular complexity index is 4070. The van der Waals surface area contributed by atoms with Gasteiger partial charge in [-0.25, -0.2) is 0 Å². The van der Waals surface area contributed by atoms with E-state index < -0.39 is 0 Å². The van der Waals surface area contributed by atoms with Crippen molar-refractivity contribution in [2.75, 3.05) is 0 Å². The first kappa shape index (κ1) is 34.1. The second-order valence-electron chi connectivity index (χ2n) is 15.9. The Balaban J connectivity index is 1.10. The normalized spacial score (nSPS) is 11.8. The van der Waals surface area contributed by atoms with Crippen LogP contribution in [0.3, 0.4) is 0 Å². The molecule has 0 amide bonds. The third-order valence-corrected chi connectivity index (χ3v) is 12.8. The molecule has 4 aromatic heterocycles. The minimum atomic E-state index is 0.418. The number of para-hydroxylation sites is 6. The number of nitrogens with zero attached hydrogens (tertiary/aromatic N) is 6. The zero-order valence-corrected chi connectivity index (χ0v) is 33.2. The molecule has 62 heavy (non-hydrogen) atoms. The molecule has 13 aromatic rings. The van der Waals surface area contributed by atoms with Gasteiger partial charge in [-0.3, -0.25) is 0 Å². The van der Waals surface area contributed by atoms with Crippen molar-refractivity contribution < 1.29 is 0 Å². The summed E-state index contributed by atoms with van der Waals surface area (Å²) >= 11 is 0. The number of benzene rings is 9. The molecule has 0 fully saturated rings. The highest BCUT2D eigenvalue weighted by molar-refractivity contribution is 6.30. The van der Waals surface area contributed by atoms with Gasteiger partial charge in [-0.15, -0.1) is 0 Å². The maximum Gasteiger partial charge on any atom is 0.101 e. The zero-order chi connectivity index (χ0) is 41.1. The lowest BCUT2D eigenvalue weighted by molar-refractivity contribution is 1.12. The molecule has 0 unspecified atom stereocenters. The second-order valence-corrected chi connectivity index (χ2v) is 15.9. The van der Waals surface area contributed by atoms with Gasteiger partial charge in [-0.2, -0.15) is 10.5 Å². The van der Waals surface area contributed by atoms with Gasteiger partial charge in [-0.1, -0.05) is 109 Å². The molecule has 0 aliphatic heterocycles. The molecule has 0 N–H and O–H groups in total.